The van der Waals surface area contributed by atoms with Crippen LogP contribution in [0.5, 0.6) is 0 Å². The predicted molar refractivity (Wildman–Crippen MR) is 97.5 cm³/mol. The van der Waals surface area contributed by atoms with E-state index < -0.39 is 12.0 Å². The summed E-state index contributed by atoms with van der Waals surface area (Å²) >= 11 is 1.49. The summed E-state index contributed by atoms with van der Waals surface area (Å²) in [6, 6.07) is 5.97. The van der Waals surface area contributed by atoms with Crippen molar-refractivity contribution in [3.8, 4) is 0 Å². The number of allylic oxidation sites excluding steroid dienone is 2. The fraction of sp³-hybridized carbons (Fsp3) is 0.333. The Balaban J connectivity index is 1.64. The van der Waals surface area contributed by atoms with Crippen molar-refractivity contribution in [2.45, 2.75) is 18.9 Å². The van der Waals surface area contributed by atoms with Crippen molar-refractivity contribution >= 4 is 34.5 Å². The molecule has 0 radical (unpaired) electrons. The third kappa shape index (κ3) is 3.85. The molecule has 23 heavy (non-hydrogen) atoms. The smallest absolute Gasteiger partial charge is 0.329 e. The number of hydrogen-bond donors (Lipinski definition) is 1. The van der Waals surface area contributed by atoms with E-state index in [2.05, 4.69) is 41.2 Å². The highest BCUT2D eigenvalue weighted by atomic mass is 32.2. The molecule has 2 heterocycles. The predicted octanol–water partition coefficient (Wildman–Crippen LogP) is 3.24. The molecular formula is C18H20N2O2S. The summed E-state index contributed by atoms with van der Waals surface area (Å²) < 4.78 is 0. The normalized spacial score (nSPS) is 21.0. The topological polar surface area (TPSA) is 52.9 Å². The molecule has 1 atom stereocenters. The third-order valence-corrected chi connectivity index (χ3v) is 5.07. The molecule has 5 heteroatoms. The number of carbonyl (C=O) groups is 1. The van der Waals surface area contributed by atoms with Crippen molar-refractivity contribution in [2.24, 2.45) is 4.99 Å². The van der Waals surface area contributed by atoms with E-state index in [4.69, 9.17) is 5.11 Å². The number of carboxylic acid groups (broad SMARTS) is 1. The molecule has 0 fully saturated rings. The van der Waals surface area contributed by atoms with Gasteiger partial charge in [-0.25, -0.2) is 4.79 Å². The first kappa shape index (κ1) is 15.9. The summed E-state index contributed by atoms with van der Waals surface area (Å²) in [5.41, 5.74) is 3.93. The van der Waals surface area contributed by atoms with Crippen LogP contribution in [0.15, 0.2) is 41.4 Å². The average molecular weight is 328 g/mol. The van der Waals surface area contributed by atoms with Gasteiger partial charge in [0.15, 0.2) is 6.04 Å². The van der Waals surface area contributed by atoms with Crippen LogP contribution in [0.1, 0.15) is 17.5 Å². The van der Waals surface area contributed by atoms with Crippen molar-refractivity contribution in [1.82, 2.24) is 0 Å². The van der Waals surface area contributed by atoms with Crippen LogP contribution < -0.4 is 4.90 Å². The fourth-order valence-electron chi connectivity index (χ4n) is 2.82. The summed E-state index contributed by atoms with van der Waals surface area (Å²) in [6.45, 7) is 1.13. The molecule has 0 amide bonds. The number of nitrogens with zero attached hydrogens (tertiary/aromatic N) is 2. The van der Waals surface area contributed by atoms with E-state index in [0.29, 0.717) is 5.75 Å². The van der Waals surface area contributed by atoms with Gasteiger partial charge in [-0.3, -0.25) is 4.99 Å². The Morgan fingerprint density at radius 3 is 3.00 bits per heavy atom. The van der Waals surface area contributed by atoms with Gasteiger partial charge in [0.2, 0.25) is 0 Å². The zero-order valence-corrected chi connectivity index (χ0v) is 13.9. The molecule has 0 saturated carbocycles. The van der Waals surface area contributed by atoms with Crippen LogP contribution in [0.4, 0.5) is 5.69 Å². The van der Waals surface area contributed by atoms with E-state index in [9.17, 15) is 4.79 Å². The molecule has 120 valence electrons. The second-order valence-corrected chi connectivity index (χ2v) is 6.80. The third-order valence-electron chi connectivity index (χ3n) is 4.05. The van der Waals surface area contributed by atoms with Crippen molar-refractivity contribution in [3.05, 3.63) is 47.6 Å². The lowest BCUT2D eigenvalue weighted by molar-refractivity contribution is -0.137. The van der Waals surface area contributed by atoms with Gasteiger partial charge in [-0.15, -0.1) is 11.8 Å². The standard InChI is InChI=1S/C18H20N2O2S/c1-20-10-4-6-14-11-13(8-9-16(14)20)5-2-3-7-17-19-15(12-23-17)18(21)22/h2-3,5,7-9,11,15H,4,6,10,12H2,1H3,(H,21,22)/b5-2+,7-3+/t15-/m1/s1. The van der Waals surface area contributed by atoms with Gasteiger partial charge in [-0.2, -0.15) is 0 Å². The number of aryl methyl sites for hydroxylation is 1. The van der Waals surface area contributed by atoms with Gasteiger partial charge in [-0.05, 0) is 42.2 Å². The summed E-state index contributed by atoms with van der Waals surface area (Å²) in [5.74, 6) is -0.327. The summed E-state index contributed by atoms with van der Waals surface area (Å²) in [7, 11) is 2.14. The molecule has 2 aliphatic rings. The Labute approximate surface area is 140 Å². The minimum atomic E-state index is -0.851. The number of anilines is 1. The first-order valence-corrected chi connectivity index (χ1v) is 8.74. The Bertz CT molecular complexity index is 694. The molecule has 0 unspecified atom stereocenters. The van der Waals surface area contributed by atoms with Crippen molar-refractivity contribution in [3.63, 3.8) is 0 Å². The van der Waals surface area contributed by atoms with Crippen LogP contribution in [0.2, 0.25) is 0 Å². The lowest BCUT2D eigenvalue weighted by Crippen LogP contribution is -2.24. The highest BCUT2D eigenvalue weighted by Gasteiger charge is 2.22. The Hall–Kier alpha value is -2.01. The highest BCUT2D eigenvalue weighted by molar-refractivity contribution is 8.14. The quantitative estimate of drug-likeness (QED) is 0.862. The molecule has 1 aromatic carbocycles. The van der Waals surface area contributed by atoms with Gasteiger partial charge < -0.3 is 10.0 Å². The lowest BCUT2D eigenvalue weighted by atomic mass is 9.99. The molecule has 1 aromatic rings. The number of aliphatic carboxylic acids is 1. The van der Waals surface area contributed by atoms with Gasteiger partial charge >= 0.3 is 5.97 Å². The van der Waals surface area contributed by atoms with E-state index >= 15 is 0 Å². The molecule has 2 aliphatic heterocycles. The van der Waals surface area contributed by atoms with Crippen molar-refractivity contribution in [1.29, 1.82) is 0 Å². The Kier molecular flexibility index (Phi) is 4.86. The second kappa shape index (κ2) is 7.04. The molecular weight excluding hydrogens is 308 g/mol. The summed E-state index contributed by atoms with van der Waals surface area (Å²) in [6.07, 6.45) is 10.2. The van der Waals surface area contributed by atoms with Crippen molar-refractivity contribution in [2.75, 3.05) is 24.2 Å². The van der Waals surface area contributed by atoms with Gasteiger partial charge in [0, 0.05) is 25.0 Å². The Morgan fingerprint density at radius 1 is 1.39 bits per heavy atom. The van der Waals surface area contributed by atoms with Gasteiger partial charge in [0.25, 0.3) is 0 Å². The SMILES string of the molecule is CN1CCCc2cc(/C=C/C=C/C3=N[C@@H](C(=O)O)CS3)ccc21. The number of thioether (sulfide) groups is 1. The molecule has 0 bridgehead atoms. The number of fused-ring (bicyclic) bond motifs is 1. The monoisotopic (exact) mass is 328 g/mol. The van der Waals surface area contributed by atoms with Crippen molar-refractivity contribution < 1.29 is 9.90 Å². The maximum Gasteiger partial charge on any atom is 0.329 e. The molecule has 4 nitrogen and oxygen atoms in total. The number of aliphatic imine (C=N–C) groups is 1. The first-order chi connectivity index (χ1) is 11.1. The molecule has 0 aromatic heterocycles. The average Bonchev–Trinajstić information content (AvgIpc) is 3.01. The molecule has 0 saturated heterocycles. The molecule has 3 rings (SSSR count). The number of carboxylic acids is 1. The maximum atomic E-state index is 10.8. The van der Waals surface area contributed by atoms with Crippen LogP contribution >= 0.6 is 11.8 Å². The zero-order chi connectivity index (χ0) is 16.2. The van der Waals surface area contributed by atoms with Crippen LogP contribution in [0.3, 0.4) is 0 Å². The fourth-order valence-corrected chi connectivity index (χ4v) is 3.75. The minimum Gasteiger partial charge on any atom is -0.480 e. The molecule has 1 N–H and O–H groups in total. The van der Waals surface area contributed by atoms with E-state index in [-0.39, 0.29) is 0 Å². The highest BCUT2D eigenvalue weighted by Crippen LogP contribution is 2.27. The largest absolute Gasteiger partial charge is 0.480 e. The van der Waals surface area contributed by atoms with Gasteiger partial charge in [-0.1, -0.05) is 24.3 Å². The van der Waals surface area contributed by atoms with Crippen LogP contribution in [-0.4, -0.2) is 41.5 Å². The zero-order valence-electron chi connectivity index (χ0n) is 13.1. The number of hydrogen-bond acceptors (Lipinski definition) is 4. The van der Waals surface area contributed by atoms with E-state index in [0.717, 1.165) is 18.0 Å². The summed E-state index contributed by atoms with van der Waals surface area (Å²) in [4.78, 5) is 17.3. The maximum absolute atomic E-state index is 10.8. The van der Waals surface area contributed by atoms with Gasteiger partial charge in [0.05, 0.1) is 5.04 Å². The van der Waals surface area contributed by atoms with E-state index in [1.165, 1.54) is 35.0 Å². The van der Waals surface area contributed by atoms with Crippen LogP contribution in [-0.2, 0) is 11.2 Å². The Morgan fingerprint density at radius 2 is 2.22 bits per heavy atom. The van der Waals surface area contributed by atoms with E-state index in [1.54, 1.807) is 0 Å². The second-order valence-electron chi connectivity index (χ2n) is 5.76. The molecule has 0 aliphatic carbocycles. The molecule has 0 spiro atoms. The minimum absolute atomic E-state index is 0.525. The summed E-state index contributed by atoms with van der Waals surface area (Å²) in [5, 5.41) is 9.69. The number of benzene rings is 1. The number of rotatable bonds is 4. The van der Waals surface area contributed by atoms with Crippen LogP contribution in [0, 0.1) is 0 Å². The lowest BCUT2D eigenvalue weighted by Gasteiger charge is -2.27. The van der Waals surface area contributed by atoms with Crippen LogP contribution in [0.25, 0.3) is 6.08 Å². The van der Waals surface area contributed by atoms with E-state index in [1.807, 2.05) is 18.2 Å². The van der Waals surface area contributed by atoms with Gasteiger partial charge in [0.1, 0.15) is 0 Å². The first-order valence-electron chi connectivity index (χ1n) is 7.76.